The van der Waals surface area contributed by atoms with Gasteiger partial charge in [-0.05, 0) is 32.4 Å². The Labute approximate surface area is 166 Å². The van der Waals surface area contributed by atoms with Crippen LogP contribution >= 0.6 is 0 Å². The maximum Gasteiger partial charge on any atom is 0.226 e. The highest BCUT2D eigenvalue weighted by Gasteiger charge is 2.27. The third kappa shape index (κ3) is 5.32. The van der Waals surface area contributed by atoms with Gasteiger partial charge >= 0.3 is 0 Å². The van der Waals surface area contributed by atoms with Crippen LogP contribution in [0.4, 0.5) is 0 Å². The van der Waals surface area contributed by atoms with E-state index in [-0.39, 0.29) is 5.75 Å². The summed E-state index contributed by atoms with van der Waals surface area (Å²) in [6, 6.07) is 7.99. The van der Waals surface area contributed by atoms with Gasteiger partial charge in [0.15, 0.2) is 5.96 Å². The Kier molecular flexibility index (Phi) is 6.69. The SMILES string of the molecule is CCNC(=NCc1coc(-c2ccc(C)cc2)n1)NCCN1CCCS1(=O)=O. The molecule has 2 N–H and O–H groups in total. The van der Waals surface area contributed by atoms with Crippen molar-refractivity contribution in [2.24, 2.45) is 4.99 Å². The molecule has 0 aliphatic carbocycles. The van der Waals surface area contributed by atoms with Gasteiger partial charge in [-0.25, -0.2) is 22.7 Å². The lowest BCUT2D eigenvalue weighted by molar-refractivity contribution is 0.445. The Bertz CT molecular complexity index is 906. The van der Waals surface area contributed by atoms with E-state index in [0.29, 0.717) is 51.0 Å². The molecule has 2 heterocycles. The van der Waals surface area contributed by atoms with Crippen LogP contribution in [0.5, 0.6) is 0 Å². The Balaban J connectivity index is 1.56. The molecule has 1 fully saturated rings. The molecule has 1 aromatic heterocycles. The van der Waals surface area contributed by atoms with Crippen LogP contribution in [0.1, 0.15) is 24.6 Å². The van der Waals surface area contributed by atoms with Gasteiger partial charge in [0, 0.05) is 31.7 Å². The first-order valence-electron chi connectivity index (χ1n) is 9.49. The molecule has 8 nitrogen and oxygen atoms in total. The molecule has 1 aliphatic heterocycles. The molecule has 0 amide bonds. The Morgan fingerprint density at radius 2 is 2.07 bits per heavy atom. The summed E-state index contributed by atoms with van der Waals surface area (Å²) < 4.78 is 30.8. The third-order valence-electron chi connectivity index (χ3n) is 4.45. The fourth-order valence-electron chi connectivity index (χ4n) is 2.95. The van der Waals surface area contributed by atoms with Crippen LogP contribution in [-0.2, 0) is 16.6 Å². The van der Waals surface area contributed by atoms with Crippen molar-refractivity contribution in [3.05, 3.63) is 41.8 Å². The van der Waals surface area contributed by atoms with Crippen molar-refractivity contribution in [3.8, 4) is 11.5 Å². The Hall–Kier alpha value is -2.39. The first-order chi connectivity index (χ1) is 13.5. The van der Waals surface area contributed by atoms with Gasteiger partial charge in [-0.1, -0.05) is 17.7 Å². The van der Waals surface area contributed by atoms with Gasteiger partial charge < -0.3 is 15.1 Å². The van der Waals surface area contributed by atoms with Crippen molar-refractivity contribution < 1.29 is 12.8 Å². The highest BCUT2D eigenvalue weighted by atomic mass is 32.2. The van der Waals surface area contributed by atoms with E-state index in [4.69, 9.17) is 4.42 Å². The molecule has 2 aromatic rings. The van der Waals surface area contributed by atoms with Crippen molar-refractivity contribution in [1.29, 1.82) is 0 Å². The van der Waals surface area contributed by atoms with Gasteiger partial charge in [0.05, 0.1) is 12.3 Å². The summed E-state index contributed by atoms with van der Waals surface area (Å²) in [7, 11) is -3.07. The summed E-state index contributed by atoms with van der Waals surface area (Å²) in [6.45, 7) is 6.63. The predicted octanol–water partition coefficient (Wildman–Crippen LogP) is 1.74. The minimum atomic E-state index is -3.07. The second kappa shape index (κ2) is 9.20. The van der Waals surface area contributed by atoms with Crippen LogP contribution in [0.25, 0.3) is 11.5 Å². The van der Waals surface area contributed by atoms with Gasteiger partial charge in [-0.3, -0.25) is 0 Å². The number of nitrogens with one attached hydrogen (secondary N) is 2. The van der Waals surface area contributed by atoms with E-state index in [1.54, 1.807) is 6.26 Å². The number of rotatable bonds is 7. The van der Waals surface area contributed by atoms with Crippen molar-refractivity contribution in [2.45, 2.75) is 26.8 Å². The first kappa shape index (κ1) is 20.3. The normalized spacial score (nSPS) is 17.0. The molecule has 152 valence electrons. The van der Waals surface area contributed by atoms with Crippen LogP contribution in [0.2, 0.25) is 0 Å². The fraction of sp³-hybridized carbons (Fsp3) is 0.474. The third-order valence-corrected chi connectivity index (χ3v) is 6.41. The number of benzene rings is 1. The molecular weight excluding hydrogens is 378 g/mol. The van der Waals surface area contributed by atoms with Crippen LogP contribution in [-0.4, -0.2) is 55.6 Å². The molecule has 0 spiro atoms. The van der Waals surface area contributed by atoms with Gasteiger partial charge in [-0.2, -0.15) is 0 Å². The lowest BCUT2D eigenvalue weighted by Gasteiger charge is -2.16. The number of aryl methyl sites for hydroxylation is 1. The van der Waals surface area contributed by atoms with E-state index < -0.39 is 10.0 Å². The van der Waals surface area contributed by atoms with E-state index in [1.807, 2.05) is 38.1 Å². The van der Waals surface area contributed by atoms with Crippen molar-refractivity contribution in [1.82, 2.24) is 19.9 Å². The van der Waals surface area contributed by atoms with E-state index in [0.717, 1.165) is 11.3 Å². The number of nitrogens with zero attached hydrogens (tertiary/aromatic N) is 3. The van der Waals surface area contributed by atoms with E-state index in [2.05, 4.69) is 20.6 Å². The summed E-state index contributed by atoms with van der Waals surface area (Å²) in [5, 5.41) is 6.33. The van der Waals surface area contributed by atoms with Gasteiger partial charge in [0.2, 0.25) is 15.9 Å². The largest absolute Gasteiger partial charge is 0.444 e. The van der Waals surface area contributed by atoms with Crippen LogP contribution in [0.15, 0.2) is 39.9 Å². The molecule has 28 heavy (non-hydrogen) atoms. The van der Waals surface area contributed by atoms with Crippen LogP contribution in [0, 0.1) is 6.92 Å². The zero-order valence-corrected chi connectivity index (χ0v) is 17.1. The summed E-state index contributed by atoms with van der Waals surface area (Å²) in [5.74, 6) is 1.44. The maximum absolute atomic E-state index is 11.8. The van der Waals surface area contributed by atoms with Crippen LogP contribution < -0.4 is 10.6 Å². The summed E-state index contributed by atoms with van der Waals surface area (Å²) in [6.07, 6.45) is 2.31. The Morgan fingerprint density at radius 3 is 2.75 bits per heavy atom. The zero-order valence-electron chi connectivity index (χ0n) is 16.3. The molecule has 1 aliphatic rings. The summed E-state index contributed by atoms with van der Waals surface area (Å²) >= 11 is 0. The molecule has 1 saturated heterocycles. The smallest absolute Gasteiger partial charge is 0.226 e. The number of aliphatic imine (C=N–C) groups is 1. The zero-order chi connectivity index (χ0) is 20.0. The molecule has 0 saturated carbocycles. The topological polar surface area (TPSA) is 99.8 Å². The second-order valence-corrected chi connectivity index (χ2v) is 8.79. The number of hydrogen-bond donors (Lipinski definition) is 2. The quantitative estimate of drug-likeness (QED) is 0.538. The minimum absolute atomic E-state index is 0.247. The minimum Gasteiger partial charge on any atom is -0.444 e. The molecule has 1 aromatic carbocycles. The monoisotopic (exact) mass is 405 g/mol. The van der Waals surface area contributed by atoms with E-state index in [9.17, 15) is 8.42 Å². The molecular formula is C19H27N5O3S. The van der Waals surface area contributed by atoms with Crippen molar-refractivity contribution >= 4 is 16.0 Å². The van der Waals surface area contributed by atoms with E-state index in [1.165, 1.54) is 9.87 Å². The highest BCUT2D eigenvalue weighted by Crippen LogP contribution is 2.19. The molecule has 0 radical (unpaired) electrons. The lowest BCUT2D eigenvalue weighted by Crippen LogP contribution is -2.42. The maximum atomic E-state index is 11.8. The number of guanidine groups is 1. The average Bonchev–Trinajstić information content (AvgIpc) is 3.27. The second-order valence-electron chi connectivity index (χ2n) is 6.70. The van der Waals surface area contributed by atoms with Gasteiger partial charge in [0.1, 0.15) is 12.0 Å². The molecule has 0 atom stereocenters. The lowest BCUT2D eigenvalue weighted by atomic mass is 10.1. The molecule has 0 bridgehead atoms. The number of hydrogen-bond acceptors (Lipinski definition) is 5. The number of oxazole rings is 1. The average molecular weight is 406 g/mol. The molecule has 3 rings (SSSR count). The van der Waals surface area contributed by atoms with Gasteiger partial charge in [-0.15, -0.1) is 0 Å². The van der Waals surface area contributed by atoms with Gasteiger partial charge in [0.25, 0.3) is 0 Å². The molecule has 0 unspecified atom stereocenters. The predicted molar refractivity (Wildman–Crippen MR) is 109 cm³/mol. The van der Waals surface area contributed by atoms with E-state index >= 15 is 0 Å². The van der Waals surface area contributed by atoms with Crippen molar-refractivity contribution in [2.75, 3.05) is 31.9 Å². The first-order valence-corrected chi connectivity index (χ1v) is 11.1. The highest BCUT2D eigenvalue weighted by molar-refractivity contribution is 7.89. The molecule has 9 heteroatoms. The Morgan fingerprint density at radius 1 is 1.29 bits per heavy atom. The summed E-state index contributed by atoms with van der Waals surface area (Å²) in [5.41, 5.74) is 2.84. The standard InChI is InChI=1S/C19H27N5O3S/c1-3-20-19(21-9-11-24-10-4-12-28(24,25)26)22-13-17-14-27-18(23-17)16-7-5-15(2)6-8-16/h5-8,14H,3-4,9-13H2,1-2H3,(H2,20,21,22). The van der Waals surface area contributed by atoms with Crippen LogP contribution in [0.3, 0.4) is 0 Å². The van der Waals surface area contributed by atoms with Crippen molar-refractivity contribution in [3.63, 3.8) is 0 Å². The number of aromatic nitrogens is 1. The summed E-state index contributed by atoms with van der Waals surface area (Å²) in [4.78, 5) is 9.00. The fourth-order valence-corrected chi connectivity index (χ4v) is 4.48. The number of sulfonamides is 1.